The molecule has 6 heteroatoms. The van der Waals surface area contributed by atoms with Gasteiger partial charge in [0.2, 0.25) is 0 Å². The first kappa shape index (κ1) is 20.9. The third-order valence-corrected chi connectivity index (χ3v) is 3.98. The number of aliphatic carboxylic acids is 2. The van der Waals surface area contributed by atoms with E-state index in [1.165, 1.54) is 0 Å². The van der Waals surface area contributed by atoms with Gasteiger partial charge in [-0.3, -0.25) is 9.59 Å². The number of carboxylic acid groups (broad SMARTS) is 2. The van der Waals surface area contributed by atoms with Crippen LogP contribution in [0.15, 0.2) is 0 Å². The molecule has 2 atom stereocenters. The second-order valence-electron chi connectivity index (χ2n) is 5.95. The van der Waals surface area contributed by atoms with Gasteiger partial charge in [0, 0.05) is 12.5 Å². The van der Waals surface area contributed by atoms with Gasteiger partial charge < -0.3 is 21.7 Å². The molecule has 130 valence electrons. The van der Waals surface area contributed by atoms with E-state index in [0.29, 0.717) is 19.4 Å². The normalized spacial score (nSPS) is 13.7. The molecule has 0 aromatic heterocycles. The Morgan fingerprint density at radius 3 is 1.95 bits per heavy atom. The number of rotatable bonds is 15. The molecule has 0 aliphatic carbocycles. The molecule has 0 aliphatic rings. The van der Waals surface area contributed by atoms with Crippen LogP contribution >= 0.6 is 0 Å². The lowest BCUT2D eigenvalue weighted by molar-refractivity contribution is -0.143. The van der Waals surface area contributed by atoms with Gasteiger partial charge in [-0.1, -0.05) is 38.5 Å². The van der Waals surface area contributed by atoms with Crippen LogP contribution in [0.25, 0.3) is 0 Å². The summed E-state index contributed by atoms with van der Waals surface area (Å²) < 4.78 is 0. The van der Waals surface area contributed by atoms with Crippen LogP contribution in [0, 0.1) is 5.92 Å². The topological polar surface area (TPSA) is 127 Å². The summed E-state index contributed by atoms with van der Waals surface area (Å²) >= 11 is 0. The highest BCUT2D eigenvalue weighted by Gasteiger charge is 2.24. The SMILES string of the molecule is NCCCCCC(N)C(CCCCCCCC(=O)O)C(=O)O. The van der Waals surface area contributed by atoms with Crippen LogP contribution in [-0.4, -0.2) is 34.7 Å². The molecule has 0 saturated heterocycles. The number of carbonyl (C=O) groups is 2. The van der Waals surface area contributed by atoms with Gasteiger partial charge in [0.1, 0.15) is 0 Å². The molecule has 0 saturated carbocycles. The Kier molecular flexibility index (Phi) is 12.8. The fourth-order valence-corrected chi connectivity index (χ4v) is 2.59. The maximum absolute atomic E-state index is 11.3. The van der Waals surface area contributed by atoms with E-state index in [2.05, 4.69) is 0 Å². The Morgan fingerprint density at radius 1 is 0.818 bits per heavy atom. The van der Waals surface area contributed by atoms with Crippen molar-refractivity contribution in [2.45, 2.75) is 76.7 Å². The lowest BCUT2D eigenvalue weighted by Crippen LogP contribution is -2.35. The number of carboxylic acids is 2. The van der Waals surface area contributed by atoms with E-state index in [-0.39, 0.29) is 12.5 Å². The lowest BCUT2D eigenvalue weighted by atomic mass is 9.90. The summed E-state index contributed by atoms with van der Waals surface area (Å²) in [6.07, 6.45) is 8.73. The van der Waals surface area contributed by atoms with Gasteiger partial charge in [-0.05, 0) is 32.2 Å². The molecule has 0 aromatic carbocycles. The molecule has 0 rings (SSSR count). The molecule has 6 N–H and O–H groups in total. The van der Waals surface area contributed by atoms with E-state index < -0.39 is 17.9 Å². The first-order valence-corrected chi connectivity index (χ1v) is 8.39. The molecule has 0 aromatic rings. The number of hydrogen-bond acceptors (Lipinski definition) is 4. The third-order valence-electron chi connectivity index (χ3n) is 3.98. The number of unbranched alkanes of at least 4 members (excludes halogenated alkanes) is 6. The first-order valence-electron chi connectivity index (χ1n) is 8.39. The van der Waals surface area contributed by atoms with Crippen molar-refractivity contribution in [3.63, 3.8) is 0 Å². The van der Waals surface area contributed by atoms with E-state index in [9.17, 15) is 14.7 Å². The average Bonchev–Trinajstić information content (AvgIpc) is 2.45. The van der Waals surface area contributed by atoms with Crippen molar-refractivity contribution in [2.75, 3.05) is 6.54 Å². The second-order valence-corrected chi connectivity index (χ2v) is 5.95. The summed E-state index contributed by atoms with van der Waals surface area (Å²) in [7, 11) is 0. The molecule has 0 bridgehead atoms. The Morgan fingerprint density at radius 2 is 1.36 bits per heavy atom. The van der Waals surface area contributed by atoms with Crippen molar-refractivity contribution < 1.29 is 19.8 Å². The minimum absolute atomic E-state index is 0.214. The van der Waals surface area contributed by atoms with Crippen LogP contribution in [0.4, 0.5) is 0 Å². The summed E-state index contributed by atoms with van der Waals surface area (Å²) in [5.74, 6) is -2.04. The number of nitrogens with two attached hydrogens (primary N) is 2. The van der Waals surface area contributed by atoms with Crippen LogP contribution in [0.2, 0.25) is 0 Å². The van der Waals surface area contributed by atoms with Gasteiger partial charge in [0.05, 0.1) is 5.92 Å². The highest BCUT2D eigenvalue weighted by atomic mass is 16.4. The fraction of sp³-hybridized carbons (Fsp3) is 0.875. The van der Waals surface area contributed by atoms with E-state index >= 15 is 0 Å². The van der Waals surface area contributed by atoms with Gasteiger partial charge in [0.15, 0.2) is 0 Å². The molecule has 0 fully saturated rings. The van der Waals surface area contributed by atoms with Gasteiger partial charge in [-0.15, -0.1) is 0 Å². The van der Waals surface area contributed by atoms with Gasteiger partial charge in [-0.2, -0.15) is 0 Å². The summed E-state index contributed by atoms with van der Waals surface area (Å²) in [4.78, 5) is 21.7. The van der Waals surface area contributed by atoms with Crippen molar-refractivity contribution in [3.05, 3.63) is 0 Å². The van der Waals surface area contributed by atoms with Crippen LogP contribution in [-0.2, 0) is 9.59 Å². The quantitative estimate of drug-likeness (QED) is 0.343. The molecule has 0 amide bonds. The van der Waals surface area contributed by atoms with Crippen LogP contribution in [0.3, 0.4) is 0 Å². The summed E-state index contributed by atoms with van der Waals surface area (Å²) in [5.41, 5.74) is 11.4. The second kappa shape index (κ2) is 13.5. The van der Waals surface area contributed by atoms with E-state index in [1.807, 2.05) is 0 Å². The van der Waals surface area contributed by atoms with Gasteiger partial charge >= 0.3 is 11.9 Å². The first-order chi connectivity index (χ1) is 10.5. The highest BCUT2D eigenvalue weighted by molar-refractivity contribution is 5.70. The molecule has 0 spiro atoms. The van der Waals surface area contributed by atoms with E-state index in [4.69, 9.17) is 16.6 Å². The van der Waals surface area contributed by atoms with Gasteiger partial charge in [0.25, 0.3) is 0 Å². The Hall–Kier alpha value is -1.14. The summed E-state index contributed by atoms with van der Waals surface area (Å²) in [6, 6.07) is -0.290. The molecule has 6 nitrogen and oxygen atoms in total. The lowest BCUT2D eigenvalue weighted by Gasteiger charge is -2.20. The number of hydrogen-bond donors (Lipinski definition) is 4. The van der Waals surface area contributed by atoms with E-state index in [1.54, 1.807) is 0 Å². The molecular weight excluding hydrogens is 284 g/mol. The zero-order chi connectivity index (χ0) is 16.8. The van der Waals surface area contributed by atoms with Crippen molar-refractivity contribution >= 4 is 11.9 Å². The van der Waals surface area contributed by atoms with Gasteiger partial charge in [-0.25, -0.2) is 0 Å². The van der Waals surface area contributed by atoms with Crippen LogP contribution in [0.5, 0.6) is 0 Å². The molecule has 2 unspecified atom stereocenters. The predicted molar refractivity (Wildman–Crippen MR) is 86.6 cm³/mol. The molecule has 0 heterocycles. The Balaban J connectivity index is 3.80. The average molecular weight is 316 g/mol. The van der Waals surface area contributed by atoms with Crippen molar-refractivity contribution in [3.8, 4) is 0 Å². The maximum atomic E-state index is 11.3. The van der Waals surface area contributed by atoms with Crippen molar-refractivity contribution in [1.82, 2.24) is 0 Å². The summed E-state index contributed by atoms with van der Waals surface area (Å²) in [5, 5.41) is 17.8. The monoisotopic (exact) mass is 316 g/mol. The minimum Gasteiger partial charge on any atom is -0.481 e. The maximum Gasteiger partial charge on any atom is 0.308 e. The fourth-order valence-electron chi connectivity index (χ4n) is 2.59. The largest absolute Gasteiger partial charge is 0.481 e. The molecule has 22 heavy (non-hydrogen) atoms. The summed E-state index contributed by atoms with van der Waals surface area (Å²) in [6.45, 7) is 0.666. The van der Waals surface area contributed by atoms with Crippen LogP contribution < -0.4 is 11.5 Å². The molecule has 0 radical (unpaired) electrons. The predicted octanol–water partition coefficient (Wildman–Crippen LogP) is 2.35. The zero-order valence-corrected chi connectivity index (χ0v) is 13.5. The van der Waals surface area contributed by atoms with E-state index in [0.717, 1.165) is 51.4 Å². The molecule has 0 aliphatic heterocycles. The Bertz CT molecular complexity index is 311. The highest BCUT2D eigenvalue weighted by Crippen LogP contribution is 2.18. The van der Waals surface area contributed by atoms with Crippen molar-refractivity contribution in [2.24, 2.45) is 17.4 Å². The Labute approximate surface area is 133 Å². The molecular formula is C16H32N2O4. The van der Waals surface area contributed by atoms with Crippen LogP contribution in [0.1, 0.15) is 70.6 Å². The zero-order valence-electron chi connectivity index (χ0n) is 13.5. The third kappa shape index (κ3) is 11.5. The van der Waals surface area contributed by atoms with Crippen molar-refractivity contribution in [1.29, 1.82) is 0 Å². The minimum atomic E-state index is -0.808. The smallest absolute Gasteiger partial charge is 0.308 e. The standard InChI is InChI=1S/C16H32N2O4/c17-12-8-4-6-10-14(18)13(16(21)22)9-5-2-1-3-7-11-15(19)20/h13-14H,1-12,17-18H2,(H,19,20)(H,21,22).